The summed E-state index contributed by atoms with van der Waals surface area (Å²) in [6, 6.07) is 17.4. The van der Waals surface area contributed by atoms with Crippen LogP contribution in [-0.2, 0) is 4.74 Å². The third-order valence-electron chi connectivity index (χ3n) is 9.01. The summed E-state index contributed by atoms with van der Waals surface area (Å²) in [6.07, 6.45) is 30.9. The van der Waals surface area contributed by atoms with Gasteiger partial charge in [0, 0.05) is 0 Å². The maximum atomic E-state index is 6.38. The topological polar surface area (TPSA) is 18.5 Å². The minimum absolute atomic E-state index is 0.397. The molecule has 2 nitrogen and oxygen atoms in total. The van der Waals surface area contributed by atoms with E-state index in [2.05, 4.69) is 80.6 Å². The summed E-state index contributed by atoms with van der Waals surface area (Å²) < 4.78 is 12.7. The molecule has 0 amide bonds. The van der Waals surface area contributed by atoms with Crippen molar-refractivity contribution in [2.24, 2.45) is 0 Å². The average Bonchev–Trinajstić information content (AvgIpc) is 3.04. The van der Waals surface area contributed by atoms with Crippen LogP contribution in [-0.4, -0.2) is 12.7 Å². The standard InChI is InChI=1S/C40H56O2/c1-3-4-5-6-7-8-9-10-11-12-13-20-31-41-38-29-30-39(35-21-16-14-17-22-35)40(32-38)36-27-25-34(26-28-36)33(2)42-37-23-18-15-19-24-37/h14,16-17,21-22,25,27-30,32,37H,3-13,15,18-20,23-24,26,31H2,1-2H3. The predicted octanol–water partition coefficient (Wildman–Crippen LogP) is 12.4. The van der Waals surface area contributed by atoms with Crippen LogP contribution in [0.4, 0.5) is 0 Å². The second kappa shape index (κ2) is 18.7. The molecule has 1 fully saturated rings. The summed E-state index contributed by atoms with van der Waals surface area (Å²) in [6.45, 7) is 5.23. The highest BCUT2D eigenvalue weighted by atomic mass is 16.5. The first-order valence-electron chi connectivity index (χ1n) is 17.3. The van der Waals surface area contributed by atoms with Gasteiger partial charge in [-0.2, -0.15) is 0 Å². The van der Waals surface area contributed by atoms with Crippen LogP contribution in [0.2, 0.25) is 0 Å². The van der Waals surface area contributed by atoms with Crippen LogP contribution in [0.25, 0.3) is 16.7 Å². The maximum Gasteiger partial charge on any atom is 0.119 e. The highest BCUT2D eigenvalue weighted by Crippen LogP contribution is 2.36. The van der Waals surface area contributed by atoms with Crippen LogP contribution >= 0.6 is 0 Å². The summed E-state index contributed by atoms with van der Waals surface area (Å²) in [5.41, 5.74) is 6.30. The Morgan fingerprint density at radius 2 is 1.38 bits per heavy atom. The molecule has 4 rings (SSSR count). The van der Waals surface area contributed by atoms with Crippen molar-refractivity contribution in [3.05, 3.63) is 83.7 Å². The Labute approximate surface area is 257 Å². The molecule has 0 aromatic heterocycles. The fraction of sp³-hybridized carbons (Fsp3) is 0.550. The zero-order valence-corrected chi connectivity index (χ0v) is 26.7. The number of allylic oxidation sites excluding steroid dienone is 6. The minimum atomic E-state index is 0.397. The summed E-state index contributed by atoms with van der Waals surface area (Å²) in [4.78, 5) is 0. The van der Waals surface area contributed by atoms with Gasteiger partial charge in [-0.1, -0.05) is 139 Å². The van der Waals surface area contributed by atoms with Gasteiger partial charge in [0.25, 0.3) is 0 Å². The first-order chi connectivity index (χ1) is 20.7. The van der Waals surface area contributed by atoms with Gasteiger partial charge in [-0.15, -0.1) is 0 Å². The number of rotatable bonds is 18. The zero-order valence-electron chi connectivity index (χ0n) is 26.7. The molecule has 2 aromatic carbocycles. The number of benzene rings is 2. The molecule has 0 radical (unpaired) electrons. The van der Waals surface area contributed by atoms with Crippen molar-refractivity contribution >= 4 is 5.57 Å². The molecular weight excluding hydrogens is 512 g/mol. The van der Waals surface area contributed by atoms with Crippen molar-refractivity contribution in [3.63, 3.8) is 0 Å². The third-order valence-corrected chi connectivity index (χ3v) is 9.01. The molecule has 2 heteroatoms. The number of ether oxygens (including phenoxy) is 2. The second-order valence-corrected chi connectivity index (χ2v) is 12.5. The molecule has 0 heterocycles. The molecule has 228 valence electrons. The molecule has 2 aliphatic carbocycles. The quantitative estimate of drug-likeness (QED) is 0.131. The largest absolute Gasteiger partial charge is 0.495 e. The van der Waals surface area contributed by atoms with Crippen LogP contribution in [0.15, 0.2) is 78.1 Å². The van der Waals surface area contributed by atoms with Crippen molar-refractivity contribution in [2.75, 3.05) is 6.61 Å². The van der Waals surface area contributed by atoms with Crippen molar-refractivity contribution in [3.8, 4) is 16.9 Å². The monoisotopic (exact) mass is 568 g/mol. The lowest BCUT2D eigenvalue weighted by molar-refractivity contribution is 0.0819. The van der Waals surface area contributed by atoms with E-state index in [-0.39, 0.29) is 0 Å². The Hall–Kier alpha value is -2.74. The number of unbranched alkanes of at least 4 members (excludes halogenated alkanes) is 11. The predicted molar refractivity (Wildman–Crippen MR) is 181 cm³/mol. The fourth-order valence-electron chi connectivity index (χ4n) is 6.37. The van der Waals surface area contributed by atoms with Gasteiger partial charge in [0.15, 0.2) is 0 Å². The third kappa shape index (κ3) is 10.8. The van der Waals surface area contributed by atoms with Gasteiger partial charge < -0.3 is 9.47 Å². The minimum Gasteiger partial charge on any atom is -0.495 e. The summed E-state index contributed by atoms with van der Waals surface area (Å²) >= 11 is 0. The molecule has 0 atom stereocenters. The van der Waals surface area contributed by atoms with E-state index >= 15 is 0 Å². The molecule has 1 saturated carbocycles. The Morgan fingerprint density at radius 3 is 2.02 bits per heavy atom. The van der Waals surface area contributed by atoms with Crippen LogP contribution in [0, 0.1) is 0 Å². The zero-order chi connectivity index (χ0) is 29.2. The lowest BCUT2D eigenvalue weighted by Crippen LogP contribution is -2.16. The van der Waals surface area contributed by atoms with Crippen molar-refractivity contribution in [1.82, 2.24) is 0 Å². The molecule has 0 unspecified atom stereocenters. The van der Waals surface area contributed by atoms with Gasteiger partial charge in [0.2, 0.25) is 0 Å². The lowest BCUT2D eigenvalue weighted by Gasteiger charge is -2.25. The maximum absolute atomic E-state index is 6.38. The van der Waals surface area contributed by atoms with Crippen molar-refractivity contribution in [2.45, 2.75) is 136 Å². The van der Waals surface area contributed by atoms with Crippen molar-refractivity contribution < 1.29 is 9.47 Å². The van der Waals surface area contributed by atoms with E-state index in [1.165, 1.54) is 131 Å². The number of hydrogen-bond donors (Lipinski definition) is 0. The van der Waals surface area contributed by atoms with Crippen LogP contribution in [0.3, 0.4) is 0 Å². The summed E-state index contributed by atoms with van der Waals surface area (Å²) in [7, 11) is 0. The Morgan fingerprint density at radius 1 is 0.714 bits per heavy atom. The van der Waals surface area contributed by atoms with Crippen LogP contribution < -0.4 is 4.74 Å². The summed E-state index contributed by atoms with van der Waals surface area (Å²) in [5.74, 6) is 2.07. The van der Waals surface area contributed by atoms with Crippen LogP contribution in [0.5, 0.6) is 5.75 Å². The molecule has 0 spiro atoms. The van der Waals surface area contributed by atoms with E-state index in [4.69, 9.17) is 9.47 Å². The smallest absolute Gasteiger partial charge is 0.119 e. The first-order valence-corrected chi connectivity index (χ1v) is 17.3. The molecule has 0 saturated heterocycles. The normalized spacial score (nSPS) is 16.8. The van der Waals surface area contributed by atoms with E-state index in [0.717, 1.165) is 31.0 Å². The van der Waals surface area contributed by atoms with Gasteiger partial charge in [-0.25, -0.2) is 0 Å². The van der Waals surface area contributed by atoms with Gasteiger partial charge >= 0.3 is 0 Å². The molecular formula is C40H56O2. The molecule has 0 aliphatic heterocycles. The van der Waals surface area contributed by atoms with Gasteiger partial charge in [-0.3, -0.25) is 0 Å². The van der Waals surface area contributed by atoms with E-state index in [9.17, 15) is 0 Å². The van der Waals surface area contributed by atoms with Gasteiger partial charge in [0.05, 0.1) is 18.5 Å². The average molecular weight is 569 g/mol. The van der Waals surface area contributed by atoms with Gasteiger partial charge in [0.1, 0.15) is 5.75 Å². The fourth-order valence-corrected chi connectivity index (χ4v) is 6.37. The Balaban J connectivity index is 1.27. The number of hydrogen-bond acceptors (Lipinski definition) is 2. The van der Waals surface area contributed by atoms with E-state index in [0.29, 0.717) is 6.10 Å². The molecule has 0 bridgehead atoms. The molecule has 0 N–H and O–H groups in total. The van der Waals surface area contributed by atoms with Crippen LogP contribution in [0.1, 0.15) is 135 Å². The van der Waals surface area contributed by atoms with E-state index in [1.807, 2.05) is 0 Å². The first kappa shape index (κ1) is 32.2. The molecule has 2 aromatic rings. The SMILES string of the molecule is CCCCCCCCCCCCCCOc1ccc(-c2ccccc2)c(C2=CCC(=C(C)OC3CCCCC3)C=C2)c1. The van der Waals surface area contributed by atoms with E-state index in [1.54, 1.807) is 0 Å². The van der Waals surface area contributed by atoms with E-state index < -0.39 is 0 Å². The molecule has 42 heavy (non-hydrogen) atoms. The second-order valence-electron chi connectivity index (χ2n) is 12.5. The summed E-state index contributed by atoms with van der Waals surface area (Å²) in [5, 5.41) is 0. The van der Waals surface area contributed by atoms with Crippen molar-refractivity contribution in [1.29, 1.82) is 0 Å². The highest BCUT2D eigenvalue weighted by molar-refractivity contribution is 5.87. The van der Waals surface area contributed by atoms with Gasteiger partial charge in [-0.05, 0) is 85.4 Å². The Kier molecular flexibility index (Phi) is 14.3. The molecule has 2 aliphatic rings. The lowest BCUT2D eigenvalue weighted by atomic mass is 9.90. The Bertz CT molecular complexity index is 1130. The highest BCUT2D eigenvalue weighted by Gasteiger charge is 2.17.